The molecule has 2 heterocycles. The first kappa shape index (κ1) is 13.6. The Bertz CT molecular complexity index is 482. The van der Waals surface area contributed by atoms with Crippen LogP contribution < -0.4 is 10.6 Å². The van der Waals surface area contributed by atoms with Crippen molar-refractivity contribution in [3.8, 4) is 0 Å². The van der Waals surface area contributed by atoms with E-state index in [9.17, 15) is 4.79 Å². The molecule has 2 unspecified atom stereocenters. The summed E-state index contributed by atoms with van der Waals surface area (Å²) in [6.07, 6.45) is 3.02. The topological polar surface area (TPSA) is 44.4 Å². The van der Waals surface area contributed by atoms with Crippen molar-refractivity contribution < 1.29 is 4.79 Å². The van der Waals surface area contributed by atoms with Crippen LogP contribution in [0.3, 0.4) is 0 Å². The van der Waals surface area contributed by atoms with Gasteiger partial charge in [0.25, 0.3) is 0 Å². The molecule has 0 radical (unpaired) electrons. The molecule has 3 rings (SSSR count). The van der Waals surface area contributed by atoms with E-state index in [0.29, 0.717) is 6.04 Å². The molecular formula is C16H23N3O. The van der Waals surface area contributed by atoms with Crippen molar-refractivity contribution in [2.75, 3.05) is 25.0 Å². The van der Waals surface area contributed by atoms with Crippen LogP contribution in [0.4, 0.5) is 5.69 Å². The van der Waals surface area contributed by atoms with Crippen molar-refractivity contribution >= 4 is 11.6 Å². The summed E-state index contributed by atoms with van der Waals surface area (Å²) in [4.78, 5) is 14.9. The van der Waals surface area contributed by atoms with E-state index in [2.05, 4.69) is 28.5 Å². The van der Waals surface area contributed by atoms with Crippen LogP contribution in [0.25, 0.3) is 0 Å². The van der Waals surface area contributed by atoms with Gasteiger partial charge in [-0.2, -0.15) is 0 Å². The van der Waals surface area contributed by atoms with Crippen molar-refractivity contribution in [3.05, 3.63) is 29.8 Å². The van der Waals surface area contributed by atoms with Crippen LogP contribution in [0.15, 0.2) is 24.3 Å². The molecule has 108 valence electrons. The zero-order valence-corrected chi connectivity index (χ0v) is 12.1. The van der Waals surface area contributed by atoms with Gasteiger partial charge < -0.3 is 10.6 Å². The summed E-state index contributed by atoms with van der Waals surface area (Å²) >= 11 is 0. The predicted molar refractivity (Wildman–Crippen MR) is 80.8 cm³/mol. The highest BCUT2D eigenvalue weighted by molar-refractivity contribution is 5.96. The van der Waals surface area contributed by atoms with Crippen LogP contribution in [0.2, 0.25) is 0 Å². The van der Waals surface area contributed by atoms with Crippen molar-refractivity contribution in [1.29, 1.82) is 0 Å². The molecule has 2 atom stereocenters. The minimum Gasteiger partial charge on any atom is -0.324 e. The lowest BCUT2D eigenvalue weighted by Gasteiger charge is -2.33. The van der Waals surface area contributed by atoms with Crippen molar-refractivity contribution in [2.24, 2.45) is 0 Å². The second kappa shape index (κ2) is 5.94. The largest absolute Gasteiger partial charge is 0.324 e. The van der Waals surface area contributed by atoms with Gasteiger partial charge in [-0.05, 0) is 44.0 Å². The monoisotopic (exact) mass is 273 g/mol. The summed E-state index contributed by atoms with van der Waals surface area (Å²) in [7, 11) is 0. The van der Waals surface area contributed by atoms with E-state index in [0.717, 1.165) is 44.6 Å². The second-order valence-electron chi connectivity index (χ2n) is 5.68. The Balaban J connectivity index is 1.79. The third-order valence-electron chi connectivity index (χ3n) is 4.53. The van der Waals surface area contributed by atoms with Gasteiger partial charge >= 0.3 is 0 Å². The molecule has 1 fully saturated rings. The average molecular weight is 273 g/mol. The van der Waals surface area contributed by atoms with E-state index < -0.39 is 0 Å². The zero-order valence-electron chi connectivity index (χ0n) is 12.1. The summed E-state index contributed by atoms with van der Waals surface area (Å²) in [5.41, 5.74) is 2.24. The predicted octanol–water partition coefficient (Wildman–Crippen LogP) is 1.62. The lowest BCUT2D eigenvalue weighted by Crippen LogP contribution is -2.49. The maximum absolute atomic E-state index is 12.6. The van der Waals surface area contributed by atoms with Crippen molar-refractivity contribution in [1.82, 2.24) is 10.2 Å². The highest BCUT2D eigenvalue weighted by Gasteiger charge is 2.33. The van der Waals surface area contributed by atoms with Crippen LogP contribution in [-0.4, -0.2) is 42.5 Å². The fraction of sp³-hybridized carbons (Fsp3) is 0.562. The first-order chi connectivity index (χ1) is 9.79. The number of fused-ring (bicyclic) bond motifs is 1. The van der Waals surface area contributed by atoms with Crippen molar-refractivity contribution in [3.63, 3.8) is 0 Å². The quantitative estimate of drug-likeness (QED) is 0.879. The highest BCUT2D eigenvalue weighted by Crippen LogP contribution is 2.25. The maximum atomic E-state index is 12.6. The standard InChI is InChI=1S/C16H23N3O/c1-2-19(13-9-10-17-11-13)15-8-7-12-5-3-4-6-14(12)18-16(15)20/h3-6,13,15,17H,2,7-11H2,1H3,(H,18,20). The molecule has 0 bridgehead atoms. The summed E-state index contributed by atoms with van der Waals surface area (Å²) in [5.74, 6) is 0.156. The molecule has 0 spiro atoms. The number of anilines is 1. The molecular weight excluding hydrogens is 250 g/mol. The van der Waals surface area contributed by atoms with Crippen LogP contribution >= 0.6 is 0 Å². The van der Waals surface area contributed by atoms with Gasteiger partial charge in [0.1, 0.15) is 0 Å². The Labute approximate surface area is 120 Å². The van der Waals surface area contributed by atoms with Crippen LogP contribution in [-0.2, 0) is 11.2 Å². The minimum atomic E-state index is -0.00250. The first-order valence-corrected chi connectivity index (χ1v) is 7.65. The van der Waals surface area contributed by atoms with Gasteiger partial charge in [0, 0.05) is 18.3 Å². The van der Waals surface area contributed by atoms with Gasteiger partial charge in [0.2, 0.25) is 5.91 Å². The Morgan fingerprint density at radius 1 is 1.30 bits per heavy atom. The summed E-state index contributed by atoms with van der Waals surface area (Å²) in [6, 6.07) is 8.64. The Morgan fingerprint density at radius 2 is 2.15 bits per heavy atom. The molecule has 2 N–H and O–H groups in total. The number of rotatable bonds is 3. The molecule has 0 saturated carbocycles. The van der Waals surface area contributed by atoms with E-state index in [4.69, 9.17) is 0 Å². The fourth-order valence-corrected chi connectivity index (χ4v) is 3.47. The molecule has 0 aromatic heterocycles. The molecule has 2 aliphatic heterocycles. The van der Waals surface area contributed by atoms with Crippen LogP contribution in [0.1, 0.15) is 25.3 Å². The number of hydrogen-bond acceptors (Lipinski definition) is 3. The number of para-hydroxylation sites is 1. The molecule has 1 saturated heterocycles. The van der Waals surface area contributed by atoms with Gasteiger partial charge in [0.15, 0.2) is 0 Å². The number of hydrogen-bond donors (Lipinski definition) is 2. The molecule has 1 aromatic rings. The first-order valence-electron chi connectivity index (χ1n) is 7.65. The lowest BCUT2D eigenvalue weighted by molar-refractivity contribution is -0.122. The molecule has 1 aromatic carbocycles. The minimum absolute atomic E-state index is 0.00250. The molecule has 4 heteroatoms. The number of carbonyl (C=O) groups is 1. The number of carbonyl (C=O) groups excluding carboxylic acids is 1. The number of amides is 1. The number of nitrogens with one attached hydrogen (secondary N) is 2. The van der Waals surface area contributed by atoms with Crippen LogP contribution in [0, 0.1) is 0 Å². The fourth-order valence-electron chi connectivity index (χ4n) is 3.47. The Hall–Kier alpha value is -1.39. The molecule has 1 amide bonds. The number of benzene rings is 1. The number of aryl methyl sites for hydroxylation is 1. The number of nitrogens with zero attached hydrogens (tertiary/aromatic N) is 1. The summed E-state index contributed by atoms with van der Waals surface area (Å²) in [5, 5.41) is 6.51. The second-order valence-corrected chi connectivity index (χ2v) is 5.68. The molecule has 20 heavy (non-hydrogen) atoms. The molecule has 2 aliphatic rings. The summed E-state index contributed by atoms with van der Waals surface area (Å²) in [6.45, 7) is 5.16. The van der Waals surface area contributed by atoms with Gasteiger partial charge in [-0.25, -0.2) is 0 Å². The summed E-state index contributed by atoms with van der Waals surface area (Å²) < 4.78 is 0. The van der Waals surface area contributed by atoms with Gasteiger partial charge in [-0.3, -0.25) is 9.69 Å². The SMILES string of the molecule is CCN(C1CCNC1)C1CCc2ccccc2NC1=O. The normalized spacial score (nSPS) is 26.2. The van der Waals surface area contributed by atoms with Crippen LogP contribution in [0.5, 0.6) is 0 Å². The van der Waals surface area contributed by atoms with E-state index in [1.165, 1.54) is 5.56 Å². The van der Waals surface area contributed by atoms with E-state index >= 15 is 0 Å². The van der Waals surface area contributed by atoms with Gasteiger partial charge in [-0.15, -0.1) is 0 Å². The van der Waals surface area contributed by atoms with E-state index in [1.54, 1.807) is 0 Å². The number of likely N-dealkylation sites (N-methyl/N-ethyl adjacent to an activating group) is 1. The van der Waals surface area contributed by atoms with Crippen molar-refractivity contribution in [2.45, 2.75) is 38.3 Å². The third kappa shape index (κ3) is 2.58. The van der Waals surface area contributed by atoms with Gasteiger partial charge in [-0.1, -0.05) is 25.1 Å². The zero-order chi connectivity index (χ0) is 13.9. The lowest BCUT2D eigenvalue weighted by atomic mass is 10.0. The molecule has 0 aliphatic carbocycles. The van der Waals surface area contributed by atoms with E-state index in [1.807, 2.05) is 18.2 Å². The highest BCUT2D eigenvalue weighted by atomic mass is 16.2. The maximum Gasteiger partial charge on any atom is 0.241 e. The Kier molecular flexibility index (Phi) is 4.03. The smallest absolute Gasteiger partial charge is 0.241 e. The molecule has 4 nitrogen and oxygen atoms in total. The van der Waals surface area contributed by atoms with E-state index in [-0.39, 0.29) is 11.9 Å². The third-order valence-corrected chi connectivity index (χ3v) is 4.53. The van der Waals surface area contributed by atoms with Gasteiger partial charge in [0.05, 0.1) is 6.04 Å². The Morgan fingerprint density at radius 3 is 2.90 bits per heavy atom. The average Bonchev–Trinajstić information content (AvgIpc) is 2.93.